The molecule has 0 heterocycles. The van der Waals surface area contributed by atoms with Gasteiger partial charge in [0.15, 0.2) is 0 Å². The van der Waals surface area contributed by atoms with Gasteiger partial charge in [0.1, 0.15) is 0 Å². The SMILES string of the molecule is C=C(CC(C)N(C)C(=O)C(C)C)C(C)C. The van der Waals surface area contributed by atoms with Gasteiger partial charge >= 0.3 is 0 Å². The molecule has 2 nitrogen and oxygen atoms in total. The highest BCUT2D eigenvalue weighted by Crippen LogP contribution is 2.17. The van der Waals surface area contributed by atoms with E-state index < -0.39 is 0 Å². The lowest BCUT2D eigenvalue weighted by atomic mass is 9.97. The molecular weight excluding hydrogens is 186 g/mol. The molecule has 0 aliphatic heterocycles. The Bertz CT molecular complexity index is 231. The lowest BCUT2D eigenvalue weighted by molar-refractivity contribution is -0.134. The van der Waals surface area contributed by atoms with Crippen LogP contribution in [0.5, 0.6) is 0 Å². The van der Waals surface area contributed by atoms with E-state index in [4.69, 9.17) is 0 Å². The maximum absolute atomic E-state index is 11.7. The van der Waals surface area contributed by atoms with Crippen LogP contribution in [0.2, 0.25) is 0 Å². The molecule has 0 spiro atoms. The molecule has 1 amide bonds. The van der Waals surface area contributed by atoms with E-state index >= 15 is 0 Å². The Kier molecular flexibility index (Phi) is 5.63. The lowest BCUT2D eigenvalue weighted by Gasteiger charge is -2.28. The average Bonchev–Trinajstić information content (AvgIpc) is 2.14. The Hall–Kier alpha value is -0.790. The van der Waals surface area contributed by atoms with Gasteiger partial charge in [0, 0.05) is 19.0 Å². The molecule has 0 N–H and O–H groups in total. The van der Waals surface area contributed by atoms with Crippen LogP contribution in [-0.2, 0) is 4.79 Å². The Labute approximate surface area is 94.4 Å². The van der Waals surface area contributed by atoms with Crippen molar-refractivity contribution >= 4 is 5.91 Å². The highest BCUT2D eigenvalue weighted by atomic mass is 16.2. The van der Waals surface area contributed by atoms with Crippen LogP contribution in [0.25, 0.3) is 0 Å². The van der Waals surface area contributed by atoms with E-state index in [1.165, 1.54) is 5.57 Å². The van der Waals surface area contributed by atoms with Crippen molar-refractivity contribution < 1.29 is 4.79 Å². The Morgan fingerprint density at radius 2 is 1.60 bits per heavy atom. The predicted molar refractivity (Wildman–Crippen MR) is 65.7 cm³/mol. The second-order valence-corrected chi connectivity index (χ2v) is 4.97. The molecular formula is C13H25NO. The monoisotopic (exact) mass is 211 g/mol. The number of rotatable bonds is 5. The Morgan fingerprint density at radius 1 is 1.13 bits per heavy atom. The van der Waals surface area contributed by atoms with Crippen molar-refractivity contribution in [3.8, 4) is 0 Å². The fourth-order valence-corrected chi connectivity index (χ4v) is 1.38. The minimum absolute atomic E-state index is 0.0739. The fraction of sp³-hybridized carbons (Fsp3) is 0.769. The van der Waals surface area contributed by atoms with Crippen molar-refractivity contribution in [1.82, 2.24) is 4.90 Å². The van der Waals surface area contributed by atoms with Crippen molar-refractivity contribution in [1.29, 1.82) is 0 Å². The summed E-state index contributed by atoms with van der Waals surface area (Å²) in [7, 11) is 1.88. The number of nitrogens with zero attached hydrogens (tertiary/aromatic N) is 1. The van der Waals surface area contributed by atoms with Gasteiger partial charge in [0.2, 0.25) is 5.91 Å². The first-order valence-corrected chi connectivity index (χ1v) is 5.71. The van der Waals surface area contributed by atoms with E-state index in [2.05, 4.69) is 27.4 Å². The van der Waals surface area contributed by atoms with Gasteiger partial charge in [-0.1, -0.05) is 39.8 Å². The average molecular weight is 211 g/mol. The number of hydrogen-bond donors (Lipinski definition) is 0. The summed E-state index contributed by atoms with van der Waals surface area (Å²) in [6, 6.07) is 0.245. The summed E-state index contributed by atoms with van der Waals surface area (Å²) in [4.78, 5) is 13.6. The van der Waals surface area contributed by atoms with Gasteiger partial charge in [-0.2, -0.15) is 0 Å². The molecule has 0 aromatic carbocycles. The third-order valence-electron chi connectivity index (χ3n) is 2.88. The van der Waals surface area contributed by atoms with Crippen molar-refractivity contribution in [3.05, 3.63) is 12.2 Å². The van der Waals surface area contributed by atoms with Crippen molar-refractivity contribution in [2.45, 2.75) is 47.1 Å². The minimum Gasteiger partial charge on any atom is -0.343 e. The molecule has 88 valence electrons. The number of carbonyl (C=O) groups is 1. The van der Waals surface area contributed by atoms with Gasteiger partial charge in [-0.25, -0.2) is 0 Å². The maximum Gasteiger partial charge on any atom is 0.225 e. The lowest BCUT2D eigenvalue weighted by Crippen LogP contribution is -2.38. The summed E-state index contributed by atoms with van der Waals surface area (Å²) in [5.41, 5.74) is 1.21. The second kappa shape index (κ2) is 5.94. The number of carbonyl (C=O) groups excluding carboxylic acids is 1. The normalized spacial score (nSPS) is 13.1. The van der Waals surface area contributed by atoms with Crippen LogP contribution in [0.4, 0.5) is 0 Å². The molecule has 1 atom stereocenters. The molecule has 0 rings (SSSR count). The van der Waals surface area contributed by atoms with E-state index in [0.29, 0.717) is 5.92 Å². The Balaban J connectivity index is 4.27. The van der Waals surface area contributed by atoms with Crippen LogP contribution < -0.4 is 0 Å². The van der Waals surface area contributed by atoms with Gasteiger partial charge in [0.05, 0.1) is 0 Å². The molecule has 0 aromatic rings. The minimum atomic E-state index is 0.0739. The molecule has 0 fully saturated rings. The summed E-state index contributed by atoms with van der Waals surface area (Å²) in [5.74, 6) is 0.777. The number of amides is 1. The first-order chi connectivity index (χ1) is 6.77. The van der Waals surface area contributed by atoms with E-state index in [-0.39, 0.29) is 17.9 Å². The van der Waals surface area contributed by atoms with Gasteiger partial charge in [-0.3, -0.25) is 4.79 Å². The van der Waals surface area contributed by atoms with Gasteiger partial charge in [-0.15, -0.1) is 0 Å². The van der Waals surface area contributed by atoms with Gasteiger partial charge in [-0.05, 0) is 19.3 Å². The molecule has 0 radical (unpaired) electrons. The first kappa shape index (κ1) is 14.2. The van der Waals surface area contributed by atoms with Gasteiger partial charge < -0.3 is 4.90 Å². The standard InChI is InChI=1S/C13H25NO/c1-9(2)11(5)8-12(6)14(7)13(15)10(3)4/h9-10,12H,5,8H2,1-4,6-7H3. The number of hydrogen-bond acceptors (Lipinski definition) is 1. The molecule has 1 unspecified atom stereocenters. The quantitative estimate of drug-likeness (QED) is 0.640. The second-order valence-electron chi connectivity index (χ2n) is 4.97. The summed E-state index contributed by atoms with van der Waals surface area (Å²) in [6.45, 7) is 14.3. The molecule has 0 saturated heterocycles. The predicted octanol–water partition coefficient (Wildman–Crippen LogP) is 3.09. The van der Waals surface area contributed by atoms with Crippen LogP contribution in [0.15, 0.2) is 12.2 Å². The van der Waals surface area contributed by atoms with E-state index in [1.807, 2.05) is 25.8 Å². The maximum atomic E-state index is 11.7. The summed E-state index contributed by atoms with van der Waals surface area (Å²) in [5, 5.41) is 0. The fourth-order valence-electron chi connectivity index (χ4n) is 1.38. The zero-order valence-electron chi connectivity index (χ0n) is 11.0. The first-order valence-electron chi connectivity index (χ1n) is 5.71. The van der Waals surface area contributed by atoms with Crippen LogP contribution in [0, 0.1) is 11.8 Å². The molecule has 0 bridgehead atoms. The third-order valence-corrected chi connectivity index (χ3v) is 2.88. The smallest absolute Gasteiger partial charge is 0.225 e. The van der Waals surface area contributed by atoms with E-state index in [0.717, 1.165) is 6.42 Å². The molecule has 0 saturated carbocycles. The summed E-state index contributed by atoms with van der Waals surface area (Å²) < 4.78 is 0. The highest BCUT2D eigenvalue weighted by molar-refractivity contribution is 5.78. The molecule has 0 aromatic heterocycles. The molecule has 2 heteroatoms. The molecule has 0 aliphatic rings. The zero-order chi connectivity index (χ0) is 12.2. The summed E-state index contributed by atoms with van der Waals surface area (Å²) >= 11 is 0. The molecule has 15 heavy (non-hydrogen) atoms. The van der Waals surface area contributed by atoms with Crippen molar-refractivity contribution in [2.24, 2.45) is 11.8 Å². The van der Waals surface area contributed by atoms with Crippen LogP contribution in [0.3, 0.4) is 0 Å². The zero-order valence-corrected chi connectivity index (χ0v) is 11.0. The van der Waals surface area contributed by atoms with Crippen molar-refractivity contribution in [2.75, 3.05) is 7.05 Å². The summed E-state index contributed by atoms with van der Waals surface area (Å²) in [6.07, 6.45) is 0.895. The topological polar surface area (TPSA) is 20.3 Å². The van der Waals surface area contributed by atoms with Crippen molar-refractivity contribution in [3.63, 3.8) is 0 Å². The van der Waals surface area contributed by atoms with Crippen LogP contribution in [-0.4, -0.2) is 23.9 Å². The van der Waals surface area contributed by atoms with E-state index in [9.17, 15) is 4.79 Å². The van der Waals surface area contributed by atoms with E-state index in [1.54, 1.807) is 0 Å². The highest BCUT2D eigenvalue weighted by Gasteiger charge is 2.19. The molecule has 0 aliphatic carbocycles. The van der Waals surface area contributed by atoms with Crippen LogP contribution in [0.1, 0.15) is 41.0 Å². The Morgan fingerprint density at radius 3 is 1.93 bits per heavy atom. The largest absolute Gasteiger partial charge is 0.343 e. The van der Waals surface area contributed by atoms with Gasteiger partial charge in [0.25, 0.3) is 0 Å². The van der Waals surface area contributed by atoms with Crippen LogP contribution >= 0.6 is 0 Å². The third kappa shape index (κ3) is 4.50.